The molecule has 0 radical (unpaired) electrons. The van der Waals surface area contributed by atoms with Gasteiger partial charge in [-0.15, -0.1) is 0 Å². The normalized spacial score (nSPS) is 10.5. The van der Waals surface area contributed by atoms with Crippen molar-refractivity contribution >= 4 is 0 Å². The molecule has 18 heavy (non-hydrogen) atoms. The van der Waals surface area contributed by atoms with Crippen molar-refractivity contribution in [3.05, 3.63) is 59.4 Å². The van der Waals surface area contributed by atoms with Gasteiger partial charge in [0.15, 0.2) is 11.5 Å². The Labute approximate surface area is 105 Å². The monoisotopic (exact) mass is 247 g/mol. The highest BCUT2D eigenvalue weighted by Crippen LogP contribution is 2.24. The van der Waals surface area contributed by atoms with Gasteiger partial charge in [-0.3, -0.25) is 0 Å². The molecular weight excluding hydrogens is 233 g/mol. The van der Waals surface area contributed by atoms with Crippen LogP contribution in [0.3, 0.4) is 0 Å². The molecule has 3 nitrogen and oxygen atoms in total. The first-order valence-electron chi connectivity index (χ1n) is 5.62. The molecule has 0 unspecified atom stereocenters. The molecule has 0 bridgehead atoms. The van der Waals surface area contributed by atoms with Crippen LogP contribution < -0.4 is 5.32 Å². The van der Waals surface area contributed by atoms with Crippen molar-refractivity contribution in [2.75, 3.05) is 0 Å². The van der Waals surface area contributed by atoms with Gasteiger partial charge in [0, 0.05) is 18.7 Å². The van der Waals surface area contributed by atoms with E-state index in [4.69, 9.17) is 5.11 Å². The standard InChI is InChI=1S/C14H14FNO2/c15-12-4-2-1-3-11(12)9-16-8-10-5-6-13(17)14(18)7-10/h1-7,16-18H,8-9H2. The second-order valence-corrected chi connectivity index (χ2v) is 4.02. The second-order valence-electron chi connectivity index (χ2n) is 4.02. The lowest BCUT2D eigenvalue weighted by atomic mass is 10.2. The van der Waals surface area contributed by atoms with Crippen LogP contribution in [0.25, 0.3) is 0 Å². The van der Waals surface area contributed by atoms with Crippen LogP contribution >= 0.6 is 0 Å². The Hall–Kier alpha value is -2.07. The van der Waals surface area contributed by atoms with Crippen LogP contribution in [0.4, 0.5) is 4.39 Å². The van der Waals surface area contributed by atoms with Crippen LogP contribution in [0.1, 0.15) is 11.1 Å². The Kier molecular flexibility index (Phi) is 3.79. The minimum atomic E-state index is -0.237. The minimum absolute atomic E-state index is 0.146. The molecule has 0 saturated heterocycles. The van der Waals surface area contributed by atoms with Crippen molar-refractivity contribution < 1.29 is 14.6 Å². The largest absolute Gasteiger partial charge is 0.504 e. The van der Waals surface area contributed by atoms with Gasteiger partial charge in [-0.1, -0.05) is 24.3 Å². The predicted octanol–water partition coefficient (Wildman–Crippen LogP) is 2.53. The molecule has 94 valence electrons. The number of aromatic hydroxyl groups is 2. The van der Waals surface area contributed by atoms with Crippen LogP contribution in [0.5, 0.6) is 11.5 Å². The summed E-state index contributed by atoms with van der Waals surface area (Å²) >= 11 is 0. The maximum atomic E-state index is 13.3. The number of hydrogen-bond donors (Lipinski definition) is 3. The maximum Gasteiger partial charge on any atom is 0.157 e. The average Bonchev–Trinajstić information content (AvgIpc) is 2.36. The smallest absolute Gasteiger partial charge is 0.157 e. The first kappa shape index (κ1) is 12.4. The predicted molar refractivity (Wildman–Crippen MR) is 66.7 cm³/mol. The number of benzene rings is 2. The Morgan fingerprint density at radius 2 is 1.72 bits per heavy atom. The van der Waals surface area contributed by atoms with E-state index in [-0.39, 0.29) is 17.3 Å². The lowest BCUT2D eigenvalue weighted by Crippen LogP contribution is -2.13. The maximum absolute atomic E-state index is 13.3. The zero-order valence-electron chi connectivity index (χ0n) is 9.73. The summed E-state index contributed by atoms with van der Waals surface area (Å²) in [6, 6.07) is 11.2. The molecule has 2 aromatic rings. The zero-order valence-corrected chi connectivity index (χ0v) is 9.73. The van der Waals surface area contributed by atoms with E-state index in [9.17, 15) is 9.50 Å². The first-order chi connectivity index (χ1) is 8.66. The molecule has 0 aromatic heterocycles. The molecule has 0 atom stereocenters. The molecule has 2 rings (SSSR count). The zero-order chi connectivity index (χ0) is 13.0. The fourth-order valence-electron chi connectivity index (χ4n) is 1.66. The number of hydrogen-bond acceptors (Lipinski definition) is 3. The number of phenols is 2. The average molecular weight is 247 g/mol. The van der Waals surface area contributed by atoms with Crippen molar-refractivity contribution in [1.82, 2.24) is 5.32 Å². The van der Waals surface area contributed by atoms with E-state index in [1.165, 1.54) is 18.2 Å². The van der Waals surface area contributed by atoms with Crippen molar-refractivity contribution in [3.8, 4) is 11.5 Å². The summed E-state index contributed by atoms with van der Waals surface area (Å²) in [5.74, 6) is -0.536. The number of phenolic OH excluding ortho intramolecular Hbond substituents is 2. The van der Waals surface area contributed by atoms with Gasteiger partial charge in [-0.05, 0) is 23.8 Å². The van der Waals surface area contributed by atoms with E-state index in [1.54, 1.807) is 24.3 Å². The van der Waals surface area contributed by atoms with Gasteiger partial charge >= 0.3 is 0 Å². The van der Waals surface area contributed by atoms with Gasteiger partial charge in [-0.25, -0.2) is 4.39 Å². The highest BCUT2D eigenvalue weighted by Gasteiger charge is 2.02. The fraction of sp³-hybridized carbons (Fsp3) is 0.143. The molecule has 3 N–H and O–H groups in total. The molecule has 0 amide bonds. The van der Waals surface area contributed by atoms with E-state index >= 15 is 0 Å². The van der Waals surface area contributed by atoms with Crippen LogP contribution in [0.15, 0.2) is 42.5 Å². The van der Waals surface area contributed by atoms with Crippen molar-refractivity contribution in [2.45, 2.75) is 13.1 Å². The van der Waals surface area contributed by atoms with E-state index in [1.807, 2.05) is 0 Å². The Morgan fingerprint density at radius 1 is 0.944 bits per heavy atom. The van der Waals surface area contributed by atoms with Crippen LogP contribution in [-0.2, 0) is 13.1 Å². The summed E-state index contributed by atoms with van der Waals surface area (Å²) in [6.45, 7) is 0.899. The molecule has 0 aliphatic rings. The van der Waals surface area contributed by atoms with Gasteiger partial charge in [0.25, 0.3) is 0 Å². The van der Waals surface area contributed by atoms with E-state index in [2.05, 4.69) is 5.32 Å². The molecule has 0 spiro atoms. The summed E-state index contributed by atoms with van der Waals surface area (Å²) < 4.78 is 13.3. The van der Waals surface area contributed by atoms with E-state index in [0.29, 0.717) is 18.7 Å². The third-order valence-electron chi connectivity index (χ3n) is 2.64. The summed E-state index contributed by atoms with van der Waals surface area (Å²) in [7, 11) is 0. The summed E-state index contributed by atoms with van der Waals surface area (Å²) in [6.07, 6.45) is 0. The number of rotatable bonds is 4. The molecule has 0 heterocycles. The molecule has 0 aliphatic carbocycles. The summed E-state index contributed by atoms with van der Waals surface area (Å²) in [5, 5.41) is 21.6. The molecular formula is C14H14FNO2. The topological polar surface area (TPSA) is 52.5 Å². The lowest BCUT2D eigenvalue weighted by molar-refractivity contribution is 0.403. The fourth-order valence-corrected chi connectivity index (χ4v) is 1.66. The highest BCUT2D eigenvalue weighted by molar-refractivity contribution is 5.40. The van der Waals surface area contributed by atoms with Crippen molar-refractivity contribution in [2.24, 2.45) is 0 Å². The highest BCUT2D eigenvalue weighted by atomic mass is 19.1. The third-order valence-corrected chi connectivity index (χ3v) is 2.64. The Morgan fingerprint density at radius 3 is 2.44 bits per heavy atom. The Balaban J connectivity index is 1.92. The van der Waals surface area contributed by atoms with Gasteiger partial charge in [0.2, 0.25) is 0 Å². The number of nitrogens with one attached hydrogen (secondary N) is 1. The minimum Gasteiger partial charge on any atom is -0.504 e. The molecule has 4 heteroatoms. The van der Waals surface area contributed by atoms with Crippen molar-refractivity contribution in [3.63, 3.8) is 0 Å². The Bertz CT molecular complexity index is 543. The molecule has 0 fully saturated rings. The van der Waals surface area contributed by atoms with Gasteiger partial charge in [0.1, 0.15) is 5.82 Å². The van der Waals surface area contributed by atoms with Gasteiger partial charge in [-0.2, -0.15) is 0 Å². The SMILES string of the molecule is Oc1ccc(CNCc2ccccc2F)cc1O. The van der Waals surface area contributed by atoms with Crippen LogP contribution in [0.2, 0.25) is 0 Å². The van der Waals surface area contributed by atoms with E-state index < -0.39 is 0 Å². The lowest BCUT2D eigenvalue weighted by Gasteiger charge is -2.07. The van der Waals surface area contributed by atoms with Gasteiger partial charge in [0.05, 0.1) is 0 Å². The second kappa shape index (κ2) is 5.51. The van der Waals surface area contributed by atoms with E-state index in [0.717, 1.165) is 5.56 Å². The molecule has 0 saturated carbocycles. The quantitative estimate of drug-likeness (QED) is 0.728. The third kappa shape index (κ3) is 2.99. The molecule has 0 aliphatic heterocycles. The first-order valence-corrected chi connectivity index (χ1v) is 5.62. The van der Waals surface area contributed by atoms with Crippen LogP contribution in [0, 0.1) is 5.82 Å². The summed E-state index contributed by atoms with van der Waals surface area (Å²) in [4.78, 5) is 0. The van der Waals surface area contributed by atoms with Crippen molar-refractivity contribution in [1.29, 1.82) is 0 Å². The number of halogens is 1. The van der Waals surface area contributed by atoms with Crippen LogP contribution in [-0.4, -0.2) is 10.2 Å². The summed E-state index contributed by atoms with van der Waals surface area (Å²) in [5.41, 5.74) is 1.42. The molecule has 2 aromatic carbocycles. The van der Waals surface area contributed by atoms with Gasteiger partial charge < -0.3 is 15.5 Å².